The zero-order valence-electron chi connectivity index (χ0n) is 16.3. The smallest absolute Gasteiger partial charge is 0.191 e. The summed E-state index contributed by atoms with van der Waals surface area (Å²) in [5.41, 5.74) is 0.489. The van der Waals surface area contributed by atoms with Crippen molar-refractivity contribution in [2.24, 2.45) is 10.9 Å². The van der Waals surface area contributed by atoms with Crippen LogP contribution in [0.1, 0.15) is 19.4 Å². The molecule has 1 heterocycles. The fourth-order valence-corrected chi connectivity index (χ4v) is 3.16. The Balaban J connectivity index is 0.00000364. The average Bonchev–Trinajstić information content (AvgIpc) is 2.62. The molecule has 1 aromatic rings. The van der Waals surface area contributed by atoms with E-state index in [1.54, 1.807) is 7.05 Å². The van der Waals surface area contributed by atoms with E-state index in [-0.39, 0.29) is 24.0 Å². The van der Waals surface area contributed by atoms with Crippen LogP contribution >= 0.6 is 24.0 Å². The average molecular weight is 496 g/mol. The molecule has 1 aromatic carbocycles. The largest absolute Gasteiger partial charge is 0.379 e. The molecule has 1 atom stereocenters. The van der Waals surface area contributed by atoms with E-state index in [0.29, 0.717) is 36.4 Å². The third-order valence-corrected chi connectivity index (χ3v) is 4.69. The minimum atomic E-state index is -0.556. The van der Waals surface area contributed by atoms with Crippen molar-refractivity contribution in [2.75, 3.05) is 46.4 Å². The topological polar surface area (TPSA) is 48.9 Å². The molecule has 0 spiro atoms. The van der Waals surface area contributed by atoms with Crippen molar-refractivity contribution >= 4 is 29.9 Å². The van der Waals surface area contributed by atoms with Crippen molar-refractivity contribution in [1.82, 2.24) is 15.5 Å². The molecule has 0 amide bonds. The Hall–Kier alpha value is -1.00. The molecule has 1 aliphatic heterocycles. The van der Waals surface area contributed by atoms with E-state index in [2.05, 4.69) is 34.4 Å². The number of ether oxygens (including phenoxy) is 1. The molecule has 5 nitrogen and oxygen atoms in total. The third-order valence-electron chi connectivity index (χ3n) is 4.69. The molecule has 2 rings (SSSR count). The quantitative estimate of drug-likeness (QED) is 0.347. The van der Waals surface area contributed by atoms with E-state index in [1.807, 2.05) is 0 Å². The van der Waals surface area contributed by atoms with E-state index in [1.165, 1.54) is 12.1 Å². The molecule has 0 aromatic heterocycles. The summed E-state index contributed by atoms with van der Waals surface area (Å²) in [4.78, 5) is 6.68. The van der Waals surface area contributed by atoms with Crippen LogP contribution < -0.4 is 10.6 Å². The van der Waals surface area contributed by atoms with Gasteiger partial charge >= 0.3 is 0 Å². The highest BCUT2D eigenvalue weighted by molar-refractivity contribution is 14.0. The second kappa shape index (κ2) is 12.5. The van der Waals surface area contributed by atoms with Gasteiger partial charge in [0.1, 0.15) is 11.6 Å². The van der Waals surface area contributed by atoms with Crippen LogP contribution in [0, 0.1) is 17.6 Å². The molecule has 1 unspecified atom stereocenters. The number of benzene rings is 1. The van der Waals surface area contributed by atoms with E-state index in [0.717, 1.165) is 38.9 Å². The van der Waals surface area contributed by atoms with Gasteiger partial charge in [-0.15, -0.1) is 24.0 Å². The molecule has 1 aliphatic rings. The Kier molecular flexibility index (Phi) is 11.1. The first kappa shape index (κ1) is 24.0. The van der Waals surface area contributed by atoms with Gasteiger partial charge in [-0.05, 0) is 24.0 Å². The van der Waals surface area contributed by atoms with Crippen LogP contribution in [0.2, 0.25) is 0 Å². The highest BCUT2D eigenvalue weighted by Crippen LogP contribution is 2.12. The predicted molar refractivity (Wildman–Crippen MR) is 116 cm³/mol. The van der Waals surface area contributed by atoms with Crippen molar-refractivity contribution in [2.45, 2.75) is 26.3 Å². The molecular formula is C19H31F2IN4O. The number of halogens is 3. The van der Waals surface area contributed by atoms with Gasteiger partial charge in [0.15, 0.2) is 5.96 Å². The van der Waals surface area contributed by atoms with Crippen molar-refractivity contribution in [3.63, 3.8) is 0 Å². The Morgan fingerprint density at radius 3 is 2.52 bits per heavy atom. The minimum absolute atomic E-state index is 0. The van der Waals surface area contributed by atoms with Gasteiger partial charge in [-0.3, -0.25) is 9.89 Å². The van der Waals surface area contributed by atoms with Gasteiger partial charge in [-0.25, -0.2) is 8.78 Å². The highest BCUT2D eigenvalue weighted by Gasteiger charge is 2.23. The third kappa shape index (κ3) is 7.87. The van der Waals surface area contributed by atoms with Crippen LogP contribution in [-0.2, 0) is 11.2 Å². The number of morpholine rings is 1. The summed E-state index contributed by atoms with van der Waals surface area (Å²) < 4.78 is 32.1. The summed E-state index contributed by atoms with van der Waals surface area (Å²) in [6.07, 6.45) is 0.462. The van der Waals surface area contributed by atoms with Crippen LogP contribution in [0.15, 0.2) is 23.2 Å². The number of guanidine groups is 1. The molecule has 27 heavy (non-hydrogen) atoms. The van der Waals surface area contributed by atoms with E-state index in [4.69, 9.17) is 4.74 Å². The summed E-state index contributed by atoms with van der Waals surface area (Å²) in [5, 5.41) is 6.55. The molecule has 0 radical (unpaired) electrons. The van der Waals surface area contributed by atoms with E-state index in [9.17, 15) is 8.78 Å². The number of rotatable bonds is 7. The molecule has 0 bridgehead atoms. The Bertz CT molecular complexity index is 595. The maximum atomic E-state index is 13.7. The number of hydrogen-bond donors (Lipinski definition) is 2. The molecule has 1 saturated heterocycles. The van der Waals surface area contributed by atoms with Crippen LogP contribution in [0.25, 0.3) is 0 Å². The van der Waals surface area contributed by atoms with Gasteiger partial charge < -0.3 is 15.4 Å². The first-order valence-corrected chi connectivity index (χ1v) is 9.21. The molecular weight excluding hydrogens is 465 g/mol. The van der Waals surface area contributed by atoms with Gasteiger partial charge in [-0.2, -0.15) is 0 Å². The molecule has 8 heteroatoms. The van der Waals surface area contributed by atoms with Crippen LogP contribution in [0.4, 0.5) is 8.78 Å². The normalized spacial score (nSPS) is 16.7. The fraction of sp³-hybridized carbons (Fsp3) is 0.632. The molecule has 154 valence electrons. The number of nitrogens with one attached hydrogen (secondary N) is 2. The predicted octanol–water partition coefficient (Wildman–Crippen LogP) is 2.65. The second-order valence-electron chi connectivity index (χ2n) is 6.83. The number of hydrogen-bond acceptors (Lipinski definition) is 3. The zero-order valence-corrected chi connectivity index (χ0v) is 18.6. The molecule has 0 aliphatic carbocycles. The Morgan fingerprint density at radius 2 is 1.93 bits per heavy atom. The molecule has 0 saturated carbocycles. The fourth-order valence-electron chi connectivity index (χ4n) is 3.16. The van der Waals surface area contributed by atoms with Gasteiger partial charge in [0.25, 0.3) is 0 Å². The lowest BCUT2D eigenvalue weighted by molar-refractivity contribution is 0.00752. The van der Waals surface area contributed by atoms with E-state index >= 15 is 0 Å². The van der Waals surface area contributed by atoms with Crippen molar-refractivity contribution < 1.29 is 13.5 Å². The first-order chi connectivity index (χ1) is 12.5. The highest BCUT2D eigenvalue weighted by atomic mass is 127. The summed E-state index contributed by atoms with van der Waals surface area (Å²) in [6, 6.07) is 4.07. The summed E-state index contributed by atoms with van der Waals surface area (Å²) in [6.45, 7) is 9.18. The maximum Gasteiger partial charge on any atom is 0.191 e. The van der Waals surface area contributed by atoms with Crippen molar-refractivity contribution in [3.8, 4) is 0 Å². The Labute approximate surface area is 178 Å². The van der Waals surface area contributed by atoms with Gasteiger partial charge in [-0.1, -0.05) is 19.9 Å². The number of aliphatic imine (C=N–C) groups is 1. The first-order valence-electron chi connectivity index (χ1n) is 9.21. The van der Waals surface area contributed by atoms with Crippen LogP contribution in [0.5, 0.6) is 0 Å². The minimum Gasteiger partial charge on any atom is -0.379 e. The lowest BCUT2D eigenvalue weighted by Gasteiger charge is -2.37. The number of nitrogens with zero attached hydrogens (tertiary/aromatic N) is 2. The maximum absolute atomic E-state index is 13.7. The second-order valence-corrected chi connectivity index (χ2v) is 6.83. The SMILES string of the molecule is CN=C(NCCc1ccc(F)cc1F)NCC(C(C)C)N1CCOCC1.I. The van der Waals surface area contributed by atoms with Crippen LogP contribution in [0.3, 0.4) is 0 Å². The monoisotopic (exact) mass is 496 g/mol. The Morgan fingerprint density at radius 1 is 1.22 bits per heavy atom. The zero-order chi connectivity index (χ0) is 18.9. The van der Waals surface area contributed by atoms with Gasteiger partial charge in [0.2, 0.25) is 0 Å². The lowest BCUT2D eigenvalue weighted by Crippen LogP contribution is -2.52. The molecule has 2 N–H and O–H groups in total. The molecule has 1 fully saturated rings. The van der Waals surface area contributed by atoms with Crippen molar-refractivity contribution in [3.05, 3.63) is 35.4 Å². The van der Waals surface area contributed by atoms with Crippen LogP contribution in [-0.4, -0.2) is 63.3 Å². The van der Waals surface area contributed by atoms with E-state index < -0.39 is 11.6 Å². The standard InChI is InChI=1S/C19H30F2N4O.HI/c1-14(2)18(25-8-10-26-11-9-25)13-24-19(22-3)23-7-6-15-4-5-16(20)12-17(15)21;/h4-5,12,14,18H,6-11,13H2,1-3H3,(H2,22,23,24);1H. The van der Waals surface area contributed by atoms with Crippen molar-refractivity contribution in [1.29, 1.82) is 0 Å². The van der Waals surface area contributed by atoms with Gasteiger partial charge in [0, 0.05) is 45.3 Å². The summed E-state index contributed by atoms with van der Waals surface area (Å²) >= 11 is 0. The summed E-state index contributed by atoms with van der Waals surface area (Å²) in [7, 11) is 1.72. The lowest BCUT2D eigenvalue weighted by atomic mass is 10.0. The van der Waals surface area contributed by atoms with Gasteiger partial charge in [0.05, 0.1) is 13.2 Å². The summed E-state index contributed by atoms with van der Waals surface area (Å²) in [5.74, 6) is 0.125.